The number of aromatic nitrogens is 2. The van der Waals surface area contributed by atoms with Gasteiger partial charge in [-0.25, -0.2) is 0 Å². The van der Waals surface area contributed by atoms with Crippen molar-refractivity contribution >= 4 is 49.4 Å². The van der Waals surface area contributed by atoms with Crippen LogP contribution in [0.5, 0.6) is 0 Å². The molecule has 0 bridgehead atoms. The van der Waals surface area contributed by atoms with E-state index < -0.39 is 15.8 Å². The van der Waals surface area contributed by atoms with Crippen LogP contribution in [-0.2, 0) is 17.6 Å². The number of nitrogens with one attached hydrogen (secondary N) is 2. The summed E-state index contributed by atoms with van der Waals surface area (Å²) < 4.78 is 1.33. The van der Waals surface area contributed by atoms with Crippen LogP contribution in [0.25, 0.3) is 0 Å². The van der Waals surface area contributed by atoms with Gasteiger partial charge in [-0.3, -0.25) is 0 Å². The van der Waals surface area contributed by atoms with E-state index in [9.17, 15) is 4.79 Å². The van der Waals surface area contributed by atoms with Gasteiger partial charge in [0.1, 0.15) is 0 Å². The molecule has 8 heteroatoms. The monoisotopic (exact) mass is 517 g/mol. The van der Waals surface area contributed by atoms with E-state index in [0.717, 1.165) is 61.9 Å². The van der Waals surface area contributed by atoms with Gasteiger partial charge in [-0.1, -0.05) is 0 Å². The van der Waals surface area contributed by atoms with Gasteiger partial charge in [0, 0.05) is 0 Å². The van der Waals surface area contributed by atoms with Crippen molar-refractivity contribution in [3.8, 4) is 0 Å². The number of nitrogens with zero attached hydrogens (tertiary/aromatic N) is 3. The molecule has 4 rings (SSSR count). The van der Waals surface area contributed by atoms with Crippen LogP contribution >= 0.6 is 11.6 Å². The van der Waals surface area contributed by atoms with Gasteiger partial charge in [-0.05, 0) is 0 Å². The summed E-state index contributed by atoms with van der Waals surface area (Å²) in [7, 11) is 1.73. The third kappa shape index (κ3) is 5.65. The predicted octanol–water partition coefficient (Wildman–Crippen LogP) is 3.08. The number of likely N-dealkylation sites (N-methyl/N-ethyl adjacent to an activating group) is 1. The van der Waals surface area contributed by atoms with Gasteiger partial charge < -0.3 is 0 Å². The predicted molar refractivity (Wildman–Crippen MR) is 133 cm³/mol. The average molecular weight is 518 g/mol. The quantitative estimate of drug-likeness (QED) is 0.576. The minimum atomic E-state index is -0.661. The van der Waals surface area contributed by atoms with E-state index in [1.54, 1.807) is 13.2 Å². The number of carbonyl (C=O) groups is 1. The minimum absolute atomic E-state index is 0.0865. The van der Waals surface area contributed by atoms with Crippen molar-refractivity contribution in [3.63, 3.8) is 0 Å². The van der Waals surface area contributed by atoms with Crippen LogP contribution in [0.2, 0.25) is 9.73 Å². The normalized spacial score (nSPS) is 21.8. The number of carbonyl (C=O) groups excluding carboxylic acids is 1. The number of anilines is 2. The molecule has 0 spiro atoms. The van der Waals surface area contributed by atoms with Gasteiger partial charge in [0.25, 0.3) is 0 Å². The van der Waals surface area contributed by atoms with Crippen LogP contribution in [0.15, 0.2) is 24.4 Å². The number of hydrogen-bond acceptors (Lipinski definition) is 5. The molecule has 32 heavy (non-hydrogen) atoms. The Labute approximate surface area is 202 Å². The molecule has 1 aromatic carbocycles. The second-order valence-electron chi connectivity index (χ2n) is 8.69. The second kappa shape index (κ2) is 11.0. The summed E-state index contributed by atoms with van der Waals surface area (Å²) in [5, 5.41) is 6.86. The van der Waals surface area contributed by atoms with E-state index >= 15 is 0 Å². The first-order valence-corrected chi connectivity index (χ1v) is 14.3. The van der Waals surface area contributed by atoms with Gasteiger partial charge in [0.15, 0.2) is 0 Å². The Morgan fingerprint density at radius 1 is 1.22 bits per heavy atom. The van der Waals surface area contributed by atoms with Crippen molar-refractivity contribution in [2.24, 2.45) is 5.92 Å². The molecule has 0 radical (unpaired) electrons. The molecular formula is C24H33AsClN5O. The van der Waals surface area contributed by atoms with E-state index in [1.165, 1.54) is 17.5 Å². The van der Waals surface area contributed by atoms with Crippen molar-refractivity contribution in [2.45, 2.75) is 50.2 Å². The summed E-state index contributed by atoms with van der Waals surface area (Å²) in [6.07, 6.45) is 8.23. The Morgan fingerprint density at radius 3 is 2.78 bits per heavy atom. The first kappa shape index (κ1) is 23.5. The van der Waals surface area contributed by atoms with Crippen LogP contribution in [0.1, 0.15) is 43.7 Å². The van der Waals surface area contributed by atoms with Gasteiger partial charge in [0.2, 0.25) is 0 Å². The van der Waals surface area contributed by atoms with E-state index in [1.807, 2.05) is 0 Å². The van der Waals surface area contributed by atoms with Crippen LogP contribution in [0.3, 0.4) is 0 Å². The summed E-state index contributed by atoms with van der Waals surface area (Å²) >= 11 is 5.83. The van der Waals surface area contributed by atoms with E-state index in [0.29, 0.717) is 15.7 Å². The molecule has 6 nitrogen and oxygen atoms in total. The zero-order valence-electron chi connectivity index (χ0n) is 19.0. The Bertz CT molecular complexity index is 956. The molecule has 1 aliphatic carbocycles. The summed E-state index contributed by atoms with van der Waals surface area (Å²) in [6.45, 7) is 5.56. The van der Waals surface area contributed by atoms with Crippen LogP contribution in [0.4, 0.5) is 11.6 Å². The van der Waals surface area contributed by atoms with Gasteiger partial charge in [-0.2, -0.15) is 0 Å². The van der Waals surface area contributed by atoms with Crippen LogP contribution in [-0.4, -0.2) is 63.2 Å². The number of fused-ring (bicyclic) bond motifs is 1. The van der Waals surface area contributed by atoms with Crippen molar-refractivity contribution in [2.75, 3.05) is 32.0 Å². The molecule has 2 heterocycles. The zero-order valence-corrected chi connectivity index (χ0v) is 21.8. The van der Waals surface area contributed by atoms with Crippen molar-refractivity contribution in [3.05, 3.63) is 40.5 Å². The maximum absolute atomic E-state index is 12.4. The fourth-order valence-electron chi connectivity index (χ4n) is 4.80. The standard InChI is InChI=1S/C24H33AsClN5O/c1-3-31-12-10-16-8-9-18(14-17(16)11-13-31)29-24-28-15-21(26)22(30-24)25-20-7-5-4-6-19(20)23(32)27-2/h8-9,14-15,19-20,25H,3-7,10-13H2,1-2H3,(H,27,32)(H,28,29,30). The van der Waals surface area contributed by atoms with Gasteiger partial charge >= 0.3 is 203 Å². The third-order valence-electron chi connectivity index (χ3n) is 6.72. The SMILES string of the molecule is CCN1CCc2ccc(Nc3ncc(Cl)c([AsH]C4CCCCC4C(=O)NC)n3)cc2CC1. The fraction of sp³-hybridized carbons (Fsp3) is 0.542. The number of hydrogen-bond donors (Lipinski definition) is 2. The molecular weight excluding hydrogens is 485 g/mol. The summed E-state index contributed by atoms with van der Waals surface area (Å²) in [5.74, 6) is 0.835. The van der Waals surface area contributed by atoms with Crippen molar-refractivity contribution in [1.82, 2.24) is 20.2 Å². The summed E-state index contributed by atoms with van der Waals surface area (Å²) in [4.78, 5) is 24.1. The van der Waals surface area contributed by atoms with Crippen molar-refractivity contribution in [1.29, 1.82) is 0 Å². The molecule has 1 amide bonds. The molecule has 172 valence electrons. The molecule has 2 aliphatic rings. The van der Waals surface area contributed by atoms with Gasteiger partial charge in [0.05, 0.1) is 0 Å². The molecule has 2 aromatic rings. The number of amides is 1. The summed E-state index contributed by atoms with van der Waals surface area (Å²) in [6, 6.07) is 6.60. The molecule has 3 unspecified atom stereocenters. The molecule has 3 atom stereocenters. The third-order valence-corrected chi connectivity index (χ3v) is 10.9. The molecule has 1 fully saturated rings. The van der Waals surface area contributed by atoms with E-state index in [4.69, 9.17) is 16.6 Å². The van der Waals surface area contributed by atoms with Crippen LogP contribution in [0, 0.1) is 5.92 Å². The van der Waals surface area contributed by atoms with Crippen LogP contribution < -0.4 is 15.1 Å². The Kier molecular flexibility index (Phi) is 8.09. The number of benzene rings is 1. The first-order valence-electron chi connectivity index (χ1n) is 11.7. The Morgan fingerprint density at radius 2 is 2.00 bits per heavy atom. The zero-order chi connectivity index (χ0) is 22.5. The first-order chi connectivity index (χ1) is 15.6. The molecule has 1 saturated carbocycles. The average Bonchev–Trinajstić information content (AvgIpc) is 3.03. The molecule has 1 aliphatic heterocycles. The Hall–Kier alpha value is -1.62. The number of rotatable bonds is 6. The van der Waals surface area contributed by atoms with Gasteiger partial charge in [-0.15, -0.1) is 0 Å². The Balaban J connectivity index is 1.48. The fourth-order valence-corrected chi connectivity index (χ4v) is 8.52. The summed E-state index contributed by atoms with van der Waals surface area (Å²) in [5.41, 5.74) is 3.86. The van der Waals surface area contributed by atoms with Crippen molar-refractivity contribution < 1.29 is 4.79 Å². The number of halogens is 1. The maximum atomic E-state index is 12.4. The van der Waals surface area contributed by atoms with E-state index in [-0.39, 0.29) is 11.8 Å². The molecule has 0 saturated heterocycles. The second-order valence-corrected chi connectivity index (χ2v) is 12.3. The molecule has 2 N–H and O–H groups in total. The molecule has 1 aromatic heterocycles. The topological polar surface area (TPSA) is 70.2 Å². The van der Waals surface area contributed by atoms with E-state index in [2.05, 4.69) is 45.6 Å².